The van der Waals surface area contributed by atoms with Crippen LogP contribution in [0.5, 0.6) is 0 Å². The van der Waals surface area contributed by atoms with Gasteiger partial charge >= 0.3 is 0 Å². The molecule has 4 heteroatoms. The number of imidazole rings is 1. The summed E-state index contributed by atoms with van der Waals surface area (Å²) in [5, 5.41) is 0. The minimum absolute atomic E-state index is 0.312. The van der Waals surface area contributed by atoms with E-state index in [-0.39, 0.29) is 0 Å². The molecule has 1 fully saturated rings. The lowest BCUT2D eigenvalue weighted by Gasteiger charge is -2.42. The van der Waals surface area contributed by atoms with Gasteiger partial charge in [0.05, 0.1) is 18.1 Å². The topological polar surface area (TPSA) is 47.1 Å². The molecule has 0 bridgehead atoms. The summed E-state index contributed by atoms with van der Waals surface area (Å²) in [6.45, 7) is 10.8. The first-order valence-corrected chi connectivity index (χ1v) is 7.01. The monoisotopic (exact) mass is 250 g/mol. The van der Waals surface area contributed by atoms with Crippen LogP contribution < -0.4 is 5.73 Å². The quantitative estimate of drug-likeness (QED) is 0.889. The number of aryl methyl sites for hydroxylation is 1. The Morgan fingerprint density at radius 1 is 1.50 bits per heavy atom. The van der Waals surface area contributed by atoms with Crippen molar-refractivity contribution in [3.8, 4) is 0 Å². The molecule has 102 valence electrons. The van der Waals surface area contributed by atoms with Gasteiger partial charge in [0.2, 0.25) is 0 Å². The van der Waals surface area contributed by atoms with Crippen LogP contribution in [0.3, 0.4) is 0 Å². The summed E-state index contributed by atoms with van der Waals surface area (Å²) in [4.78, 5) is 6.81. The van der Waals surface area contributed by atoms with Gasteiger partial charge in [0.15, 0.2) is 0 Å². The van der Waals surface area contributed by atoms with Crippen LogP contribution >= 0.6 is 0 Å². The predicted molar refractivity (Wildman–Crippen MR) is 74.3 cm³/mol. The molecule has 18 heavy (non-hydrogen) atoms. The number of nitrogens with two attached hydrogens (primary N) is 1. The molecule has 1 aromatic heterocycles. The van der Waals surface area contributed by atoms with Crippen molar-refractivity contribution in [3.05, 3.63) is 18.2 Å². The number of rotatable bonds is 4. The summed E-state index contributed by atoms with van der Waals surface area (Å²) in [6, 6.07) is 0.312. The Morgan fingerprint density at radius 3 is 2.89 bits per heavy atom. The second-order valence-corrected chi connectivity index (χ2v) is 6.09. The first-order chi connectivity index (χ1) is 8.57. The third-order valence-electron chi connectivity index (χ3n) is 4.02. The highest BCUT2D eigenvalue weighted by molar-refractivity contribution is 5.07. The van der Waals surface area contributed by atoms with Gasteiger partial charge in [0, 0.05) is 25.8 Å². The molecule has 1 aliphatic rings. The zero-order valence-electron chi connectivity index (χ0n) is 11.9. The normalized spacial score (nSPS) is 22.0. The Hall–Kier alpha value is -0.870. The van der Waals surface area contributed by atoms with E-state index >= 15 is 0 Å². The molecule has 0 aromatic carbocycles. The van der Waals surface area contributed by atoms with Crippen molar-refractivity contribution in [2.45, 2.75) is 46.2 Å². The van der Waals surface area contributed by atoms with E-state index in [2.05, 4.69) is 35.2 Å². The molecule has 1 aliphatic heterocycles. The van der Waals surface area contributed by atoms with E-state index in [1.807, 2.05) is 12.5 Å². The maximum atomic E-state index is 6.02. The third kappa shape index (κ3) is 2.75. The van der Waals surface area contributed by atoms with E-state index in [1.54, 1.807) is 0 Å². The molecule has 1 atom stereocenters. The van der Waals surface area contributed by atoms with Crippen LogP contribution in [0.4, 0.5) is 0 Å². The van der Waals surface area contributed by atoms with Gasteiger partial charge in [0.25, 0.3) is 0 Å². The lowest BCUT2D eigenvalue weighted by molar-refractivity contribution is 0.0776. The fourth-order valence-corrected chi connectivity index (χ4v) is 3.06. The predicted octanol–water partition coefficient (Wildman–Crippen LogP) is 2.02. The third-order valence-corrected chi connectivity index (χ3v) is 4.02. The Labute approximate surface area is 110 Å². The van der Waals surface area contributed by atoms with Crippen LogP contribution in [0.15, 0.2) is 12.5 Å². The van der Waals surface area contributed by atoms with E-state index < -0.39 is 0 Å². The van der Waals surface area contributed by atoms with Gasteiger partial charge in [-0.3, -0.25) is 4.90 Å². The summed E-state index contributed by atoms with van der Waals surface area (Å²) in [5.74, 6) is 0. The Balaban J connectivity index is 2.18. The molecule has 1 unspecified atom stereocenters. The molecule has 2 N–H and O–H groups in total. The van der Waals surface area contributed by atoms with Crippen LogP contribution in [0.25, 0.3) is 0 Å². The molecule has 0 amide bonds. The number of hydrogen-bond acceptors (Lipinski definition) is 3. The minimum Gasteiger partial charge on any atom is -0.333 e. The second-order valence-electron chi connectivity index (χ2n) is 6.09. The van der Waals surface area contributed by atoms with Crippen molar-refractivity contribution in [1.82, 2.24) is 14.5 Å². The van der Waals surface area contributed by atoms with Crippen LogP contribution in [0.1, 0.15) is 45.3 Å². The van der Waals surface area contributed by atoms with Crippen LogP contribution in [-0.2, 0) is 6.54 Å². The zero-order valence-corrected chi connectivity index (χ0v) is 11.9. The lowest BCUT2D eigenvalue weighted by Crippen LogP contribution is -2.44. The van der Waals surface area contributed by atoms with Gasteiger partial charge in [0.1, 0.15) is 0 Å². The maximum absolute atomic E-state index is 6.02. The lowest BCUT2D eigenvalue weighted by atomic mass is 9.83. The molecular formula is C14H26N4. The number of aromatic nitrogens is 2. The molecule has 0 radical (unpaired) electrons. The highest BCUT2D eigenvalue weighted by atomic mass is 15.2. The van der Waals surface area contributed by atoms with Crippen molar-refractivity contribution in [3.63, 3.8) is 0 Å². The summed E-state index contributed by atoms with van der Waals surface area (Å²) < 4.78 is 2.21. The zero-order chi connectivity index (χ0) is 13.2. The molecule has 2 rings (SSSR count). The van der Waals surface area contributed by atoms with Crippen molar-refractivity contribution in [2.75, 3.05) is 19.6 Å². The van der Waals surface area contributed by atoms with Crippen LogP contribution in [0.2, 0.25) is 0 Å². The molecule has 1 saturated heterocycles. The number of hydrogen-bond donors (Lipinski definition) is 1. The van der Waals surface area contributed by atoms with Gasteiger partial charge in [-0.1, -0.05) is 13.8 Å². The summed E-state index contributed by atoms with van der Waals surface area (Å²) in [5.41, 5.74) is 7.69. The van der Waals surface area contributed by atoms with Gasteiger partial charge in [-0.2, -0.15) is 0 Å². The van der Waals surface area contributed by atoms with Crippen molar-refractivity contribution < 1.29 is 0 Å². The van der Waals surface area contributed by atoms with Crippen molar-refractivity contribution in [1.29, 1.82) is 0 Å². The molecule has 1 aromatic rings. The minimum atomic E-state index is 0.312. The van der Waals surface area contributed by atoms with Gasteiger partial charge in [-0.25, -0.2) is 4.98 Å². The van der Waals surface area contributed by atoms with E-state index in [0.29, 0.717) is 18.0 Å². The first-order valence-electron chi connectivity index (χ1n) is 7.01. The van der Waals surface area contributed by atoms with E-state index in [9.17, 15) is 0 Å². The van der Waals surface area contributed by atoms with Gasteiger partial charge in [-0.15, -0.1) is 0 Å². The second kappa shape index (κ2) is 5.41. The molecular weight excluding hydrogens is 224 g/mol. The standard InChI is InChI=1S/C14H26N4/c1-4-17-11-16-9-13(17)12(8-15)18-7-5-6-14(2,3)10-18/h9,11-12H,4-8,10,15H2,1-3H3. The fraction of sp³-hybridized carbons (Fsp3) is 0.786. The number of likely N-dealkylation sites (tertiary alicyclic amines) is 1. The largest absolute Gasteiger partial charge is 0.333 e. The van der Waals surface area contributed by atoms with E-state index in [1.165, 1.54) is 18.5 Å². The van der Waals surface area contributed by atoms with E-state index in [0.717, 1.165) is 19.6 Å². The van der Waals surface area contributed by atoms with Crippen LogP contribution in [-0.4, -0.2) is 34.1 Å². The molecule has 4 nitrogen and oxygen atoms in total. The molecule has 0 saturated carbocycles. The number of piperidine rings is 1. The van der Waals surface area contributed by atoms with Crippen LogP contribution in [0, 0.1) is 5.41 Å². The maximum Gasteiger partial charge on any atom is 0.0948 e. The highest BCUT2D eigenvalue weighted by Crippen LogP contribution is 2.33. The number of nitrogens with zero attached hydrogens (tertiary/aromatic N) is 3. The van der Waals surface area contributed by atoms with Gasteiger partial charge < -0.3 is 10.3 Å². The average Bonchev–Trinajstić information content (AvgIpc) is 2.77. The molecule has 0 aliphatic carbocycles. The Morgan fingerprint density at radius 2 is 2.28 bits per heavy atom. The summed E-state index contributed by atoms with van der Waals surface area (Å²) in [6.07, 6.45) is 6.47. The Bertz CT molecular complexity index is 383. The average molecular weight is 250 g/mol. The summed E-state index contributed by atoms with van der Waals surface area (Å²) >= 11 is 0. The first kappa shape index (κ1) is 13.6. The van der Waals surface area contributed by atoms with Crippen molar-refractivity contribution in [2.24, 2.45) is 11.1 Å². The smallest absolute Gasteiger partial charge is 0.0948 e. The van der Waals surface area contributed by atoms with E-state index in [4.69, 9.17) is 5.73 Å². The highest BCUT2D eigenvalue weighted by Gasteiger charge is 2.31. The van der Waals surface area contributed by atoms with Crippen molar-refractivity contribution >= 4 is 0 Å². The molecule has 0 spiro atoms. The fourth-order valence-electron chi connectivity index (χ4n) is 3.06. The molecule has 2 heterocycles. The Kier molecular flexibility index (Phi) is 4.07. The van der Waals surface area contributed by atoms with Gasteiger partial charge in [-0.05, 0) is 31.7 Å². The summed E-state index contributed by atoms with van der Waals surface area (Å²) in [7, 11) is 0. The SMILES string of the molecule is CCn1cncc1C(CN)N1CCCC(C)(C)C1.